The number of rotatable bonds is 3. The Balaban J connectivity index is 3.01. The smallest absolute Gasteiger partial charge is 0.334 e. The van der Waals surface area contributed by atoms with Crippen molar-refractivity contribution in [2.75, 3.05) is 0 Å². The van der Waals surface area contributed by atoms with E-state index in [4.69, 9.17) is 0 Å². The van der Waals surface area contributed by atoms with Crippen molar-refractivity contribution in [2.24, 2.45) is 0 Å². The van der Waals surface area contributed by atoms with Crippen LogP contribution in [-0.4, -0.2) is 9.97 Å². The molecule has 2 nitrogen and oxygen atoms in total. The Kier molecular flexibility index (Phi) is 3.84. The van der Waals surface area contributed by atoms with E-state index >= 15 is 0 Å². The van der Waals surface area contributed by atoms with E-state index in [2.05, 4.69) is 22.2 Å². The second kappa shape index (κ2) is 4.74. The molecule has 0 bridgehead atoms. The zero-order valence-electron chi connectivity index (χ0n) is 8.19. The average Bonchev–Trinajstić information content (AvgIpc) is 2.12. The first kappa shape index (κ1) is 12.2. The predicted molar refractivity (Wildman–Crippen MR) is 53.0 cm³/mol. The van der Waals surface area contributed by atoms with Gasteiger partial charge in [0.2, 0.25) is 0 Å². The van der Waals surface area contributed by atoms with E-state index in [9.17, 15) is 13.2 Å². The number of nitrogens with zero attached hydrogens (tertiary/aromatic N) is 1. The van der Waals surface area contributed by atoms with Crippen molar-refractivity contribution in [3.63, 3.8) is 0 Å². The predicted octanol–water partition coefficient (Wildman–Crippen LogP) is 3.50. The number of H-pyrrole nitrogens is 1. The summed E-state index contributed by atoms with van der Waals surface area (Å²) < 4.78 is 36.9. The van der Waals surface area contributed by atoms with Crippen LogP contribution < -0.4 is 0 Å². The third kappa shape index (κ3) is 3.62. The lowest BCUT2D eigenvalue weighted by molar-refractivity contribution is -0.141. The van der Waals surface area contributed by atoms with Gasteiger partial charge in [0.1, 0.15) is 5.69 Å². The third-order valence-electron chi connectivity index (χ3n) is 1.89. The molecule has 0 saturated heterocycles. The summed E-state index contributed by atoms with van der Waals surface area (Å²) in [6.07, 6.45) is -2.12. The summed E-state index contributed by atoms with van der Waals surface area (Å²) in [6.45, 7) is 1.97. The van der Waals surface area contributed by atoms with Gasteiger partial charge in [-0.3, -0.25) is 0 Å². The fourth-order valence-corrected chi connectivity index (χ4v) is 1.38. The molecule has 0 atom stereocenters. The number of aryl methyl sites for hydroxylation is 1. The summed E-state index contributed by atoms with van der Waals surface area (Å²) in [5, 5.41) is 0. The van der Waals surface area contributed by atoms with Crippen molar-refractivity contribution in [1.29, 1.82) is 0 Å². The molecule has 0 amide bonds. The maximum Gasteiger partial charge on any atom is 0.433 e. The van der Waals surface area contributed by atoms with Gasteiger partial charge in [0, 0.05) is 5.69 Å². The lowest BCUT2D eigenvalue weighted by Gasteiger charge is -2.07. The highest BCUT2D eigenvalue weighted by atomic mass is 32.1. The van der Waals surface area contributed by atoms with Crippen molar-refractivity contribution < 1.29 is 13.2 Å². The number of nitrogens with one attached hydrogen (secondary N) is 1. The van der Waals surface area contributed by atoms with Gasteiger partial charge in [0.25, 0.3) is 0 Å². The fourth-order valence-electron chi connectivity index (χ4n) is 1.16. The van der Waals surface area contributed by atoms with E-state index in [0.717, 1.165) is 18.9 Å². The quantitative estimate of drug-likeness (QED) is 0.814. The van der Waals surface area contributed by atoms with E-state index in [1.165, 1.54) is 0 Å². The molecule has 0 fully saturated rings. The molecule has 0 aliphatic heterocycles. The first-order chi connectivity index (χ1) is 6.93. The van der Waals surface area contributed by atoms with E-state index in [0.29, 0.717) is 12.1 Å². The number of halogens is 3. The Morgan fingerprint density at radius 3 is 2.67 bits per heavy atom. The van der Waals surface area contributed by atoms with Crippen LogP contribution in [0.5, 0.6) is 0 Å². The summed E-state index contributed by atoms with van der Waals surface area (Å²) in [4.78, 5) is 5.91. The van der Waals surface area contributed by atoms with Crippen LogP contribution >= 0.6 is 12.2 Å². The van der Waals surface area contributed by atoms with Gasteiger partial charge in [-0.2, -0.15) is 13.2 Å². The summed E-state index contributed by atoms with van der Waals surface area (Å²) in [7, 11) is 0. The minimum Gasteiger partial charge on any atom is -0.334 e. The lowest BCUT2D eigenvalue weighted by atomic mass is 10.2. The van der Waals surface area contributed by atoms with Gasteiger partial charge in [0.05, 0.1) is 0 Å². The number of alkyl halides is 3. The fraction of sp³-hybridized carbons (Fsp3) is 0.556. The molecule has 1 aromatic rings. The van der Waals surface area contributed by atoms with Crippen LogP contribution in [0.3, 0.4) is 0 Å². The largest absolute Gasteiger partial charge is 0.433 e. The van der Waals surface area contributed by atoms with Gasteiger partial charge in [-0.1, -0.05) is 13.3 Å². The molecule has 84 valence electrons. The standard InChI is InChI=1S/C9H11F3N2S/c1-2-3-4-6-5-7(9(10,11)12)14-8(15)13-6/h5H,2-4H2,1H3,(H,13,14,15). The second-order valence-electron chi connectivity index (χ2n) is 3.20. The lowest BCUT2D eigenvalue weighted by Crippen LogP contribution is -2.10. The van der Waals surface area contributed by atoms with Crippen LogP contribution in [0.2, 0.25) is 0 Å². The maximum atomic E-state index is 12.3. The van der Waals surface area contributed by atoms with E-state index in [1.54, 1.807) is 0 Å². The molecule has 1 N–H and O–H groups in total. The van der Waals surface area contributed by atoms with Crippen LogP contribution in [0.15, 0.2) is 6.07 Å². The van der Waals surface area contributed by atoms with E-state index < -0.39 is 11.9 Å². The van der Waals surface area contributed by atoms with Gasteiger partial charge in [-0.15, -0.1) is 0 Å². The normalized spacial score (nSPS) is 11.7. The molecule has 0 aliphatic rings. The molecule has 0 spiro atoms. The molecular formula is C9H11F3N2S. The number of aromatic nitrogens is 2. The van der Waals surface area contributed by atoms with Gasteiger partial charge in [-0.25, -0.2) is 4.98 Å². The third-order valence-corrected chi connectivity index (χ3v) is 2.08. The molecule has 0 aromatic carbocycles. The van der Waals surface area contributed by atoms with Crippen LogP contribution in [0.25, 0.3) is 0 Å². The zero-order valence-corrected chi connectivity index (χ0v) is 9.00. The molecule has 15 heavy (non-hydrogen) atoms. The second-order valence-corrected chi connectivity index (χ2v) is 3.58. The molecule has 6 heteroatoms. The summed E-state index contributed by atoms with van der Waals surface area (Å²) >= 11 is 4.64. The highest BCUT2D eigenvalue weighted by Gasteiger charge is 2.32. The Morgan fingerprint density at radius 1 is 1.47 bits per heavy atom. The van der Waals surface area contributed by atoms with Crippen molar-refractivity contribution in [1.82, 2.24) is 9.97 Å². The van der Waals surface area contributed by atoms with Gasteiger partial charge in [-0.05, 0) is 31.1 Å². The number of aromatic amines is 1. The summed E-state index contributed by atoms with van der Waals surface area (Å²) in [5.41, 5.74) is -0.429. The molecule has 1 aromatic heterocycles. The first-order valence-corrected chi connectivity index (χ1v) is 5.01. The van der Waals surface area contributed by atoms with Gasteiger partial charge in [0.15, 0.2) is 4.77 Å². The van der Waals surface area contributed by atoms with E-state index in [1.807, 2.05) is 6.92 Å². The number of unbranched alkanes of at least 4 members (excludes halogenated alkanes) is 1. The zero-order chi connectivity index (χ0) is 11.5. The number of hydrogen-bond acceptors (Lipinski definition) is 2. The minimum atomic E-state index is -4.43. The van der Waals surface area contributed by atoms with Crippen LogP contribution in [-0.2, 0) is 12.6 Å². The average molecular weight is 236 g/mol. The topological polar surface area (TPSA) is 28.7 Å². The number of hydrogen-bond donors (Lipinski definition) is 1. The highest BCUT2D eigenvalue weighted by Crippen LogP contribution is 2.27. The summed E-state index contributed by atoms with van der Waals surface area (Å²) in [5.74, 6) is 0. The Hall–Kier alpha value is -0.910. The summed E-state index contributed by atoms with van der Waals surface area (Å²) in [6, 6.07) is 1.02. The van der Waals surface area contributed by atoms with Crippen molar-refractivity contribution in [3.05, 3.63) is 22.2 Å². The Labute approximate surface area is 90.6 Å². The molecule has 1 heterocycles. The highest BCUT2D eigenvalue weighted by molar-refractivity contribution is 7.71. The van der Waals surface area contributed by atoms with Gasteiger partial charge < -0.3 is 4.98 Å². The molecule has 0 radical (unpaired) electrons. The van der Waals surface area contributed by atoms with Crippen molar-refractivity contribution in [3.8, 4) is 0 Å². The minimum absolute atomic E-state index is 0.115. The maximum absolute atomic E-state index is 12.3. The van der Waals surface area contributed by atoms with Gasteiger partial charge >= 0.3 is 6.18 Å². The molecular weight excluding hydrogens is 225 g/mol. The van der Waals surface area contributed by atoms with Crippen LogP contribution in [0, 0.1) is 4.77 Å². The first-order valence-electron chi connectivity index (χ1n) is 4.61. The van der Waals surface area contributed by atoms with Crippen LogP contribution in [0.4, 0.5) is 13.2 Å². The van der Waals surface area contributed by atoms with E-state index in [-0.39, 0.29) is 4.77 Å². The molecule has 0 unspecified atom stereocenters. The molecule has 0 aliphatic carbocycles. The Morgan fingerprint density at radius 2 is 2.13 bits per heavy atom. The van der Waals surface area contributed by atoms with Crippen LogP contribution in [0.1, 0.15) is 31.2 Å². The molecule has 0 saturated carbocycles. The Bertz CT molecular complexity index is 384. The van der Waals surface area contributed by atoms with Crippen molar-refractivity contribution >= 4 is 12.2 Å². The SMILES string of the molecule is CCCCc1cc(C(F)(F)F)nc(=S)[nH]1. The monoisotopic (exact) mass is 236 g/mol. The van der Waals surface area contributed by atoms with Crippen molar-refractivity contribution in [2.45, 2.75) is 32.4 Å². The molecule has 1 rings (SSSR count).